The lowest BCUT2D eigenvalue weighted by Gasteiger charge is -2.24. The Balaban J connectivity index is 1.57. The van der Waals surface area contributed by atoms with Crippen molar-refractivity contribution in [3.8, 4) is 17.0 Å². The number of benzene rings is 2. The number of hydrogen-bond donors (Lipinski definition) is 1. The van der Waals surface area contributed by atoms with E-state index in [1.54, 1.807) is 13.2 Å². The number of aromatic nitrogens is 1. The largest absolute Gasteiger partial charge is 0.497 e. The number of ether oxygens (including phenoxy) is 1. The molecular formula is C29H35N3O4S. The first-order valence-electron chi connectivity index (χ1n) is 13.2. The first-order chi connectivity index (χ1) is 17.6. The molecule has 2 atom stereocenters. The van der Waals surface area contributed by atoms with Gasteiger partial charge in [-0.3, -0.25) is 4.79 Å². The summed E-state index contributed by atoms with van der Waals surface area (Å²) in [5.74, 6) is 1.22. The van der Waals surface area contributed by atoms with Crippen LogP contribution in [-0.4, -0.2) is 44.4 Å². The fraction of sp³-hybridized carbons (Fsp3) is 0.483. The Morgan fingerprint density at radius 1 is 1.11 bits per heavy atom. The zero-order valence-electron chi connectivity index (χ0n) is 22.0. The van der Waals surface area contributed by atoms with Crippen LogP contribution in [0.4, 0.5) is 0 Å². The number of hydrogen-bond acceptors (Lipinski definition) is 4. The molecule has 3 aliphatic rings. The molecule has 2 heterocycles. The number of carbonyl (C=O) groups is 1. The topological polar surface area (TPSA) is 80.6 Å². The summed E-state index contributed by atoms with van der Waals surface area (Å²) in [4.78, 5) is 13.0. The Hall–Kier alpha value is -2.84. The second-order valence-electron chi connectivity index (χ2n) is 11.5. The maximum absolute atomic E-state index is 13.0. The van der Waals surface area contributed by atoms with Gasteiger partial charge in [-0.25, -0.2) is 4.72 Å². The molecule has 2 aromatic carbocycles. The number of nitrogens with zero attached hydrogens (tertiary/aromatic N) is 2. The lowest BCUT2D eigenvalue weighted by atomic mass is 9.81. The summed E-state index contributed by atoms with van der Waals surface area (Å²) in [6.45, 7) is 3.22. The van der Waals surface area contributed by atoms with E-state index in [9.17, 15) is 13.2 Å². The van der Waals surface area contributed by atoms with Gasteiger partial charge in [0.1, 0.15) is 5.75 Å². The lowest BCUT2D eigenvalue weighted by molar-refractivity contribution is 0.0980. The molecule has 3 aromatic rings. The maximum atomic E-state index is 13.0. The summed E-state index contributed by atoms with van der Waals surface area (Å²) < 4.78 is 35.9. The van der Waals surface area contributed by atoms with Crippen molar-refractivity contribution < 1.29 is 17.9 Å². The van der Waals surface area contributed by atoms with Crippen molar-refractivity contribution in [1.82, 2.24) is 13.6 Å². The van der Waals surface area contributed by atoms with E-state index in [4.69, 9.17) is 4.74 Å². The van der Waals surface area contributed by atoms with Crippen molar-refractivity contribution in [3.63, 3.8) is 0 Å². The van der Waals surface area contributed by atoms with Crippen molar-refractivity contribution in [1.29, 1.82) is 0 Å². The van der Waals surface area contributed by atoms with Gasteiger partial charge in [-0.05, 0) is 78.0 Å². The fourth-order valence-corrected chi connectivity index (χ4v) is 7.18. The molecule has 8 heteroatoms. The standard InChI is InChI=1S/C29H35N3O4S/c1-29-16-24(29)23-15-20(36-4)11-13-21(23)27-26(18-8-6-5-7-9-18)22-12-10-19(14-25(22)32(27)17-29)28(33)30-37(34,35)31(2)3/h10-15,18,24H,5-9,16-17H2,1-4H3,(H,30,33). The lowest BCUT2D eigenvalue weighted by Crippen LogP contribution is -2.39. The molecule has 7 nitrogen and oxygen atoms in total. The molecule has 0 bridgehead atoms. The fourth-order valence-electron chi connectivity index (χ4n) is 6.64. The van der Waals surface area contributed by atoms with Gasteiger partial charge in [0.05, 0.1) is 12.8 Å². The van der Waals surface area contributed by atoms with Gasteiger partial charge in [-0.1, -0.05) is 32.3 Å². The van der Waals surface area contributed by atoms with Gasteiger partial charge in [0.2, 0.25) is 0 Å². The minimum atomic E-state index is -3.88. The highest BCUT2D eigenvalue weighted by Crippen LogP contribution is 2.65. The van der Waals surface area contributed by atoms with E-state index in [0.717, 1.165) is 28.5 Å². The molecule has 0 radical (unpaired) electrons. The molecule has 6 rings (SSSR count). The molecule has 2 unspecified atom stereocenters. The van der Waals surface area contributed by atoms with Crippen molar-refractivity contribution >= 4 is 27.0 Å². The van der Waals surface area contributed by atoms with Crippen LogP contribution in [0.1, 0.15) is 78.8 Å². The van der Waals surface area contributed by atoms with Gasteiger partial charge >= 0.3 is 10.2 Å². The number of fused-ring (bicyclic) bond motifs is 7. The van der Waals surface area contributed by atoms with Gasteiger partial charge in [0, 0.05) is 42.7 Å². The first-order valence-corrected chi connectivity index (χ1v) is 14.7. The van der Waals surface area contributed by atoms with Crippen LogP contribution in [0.25, 0.3) is 22.2 Å². The van der Waals surface area contributed by atoms with Gasteiger partial charge in [0.25, 0.3) is 5.91 Å². The zero-order chi connectivity index (χ0) is 26.1. The summed E-state index contributed by atoms with van der Waals surface area (Å²) in [6, 6.07) is 12.2. The molecule has 37 heavy (non-hydrogen) atoms. The van der Waals surface area contributed by atoms with E-state index in [1.807, 2.05) is 12.1 Å². The van der Waals surface area contributed by atoms with Crippen LogP contribution in [-0.2, 0) is 16.8 Å². The zero-order valence-corrected chi connectivity index (χ0v) is 22.8. The summed E-state index contributed by atoms with van der Waals surface area (Å²) in [7, 11) is 0.651. The molecular weight excluding hydrogens is 486 g/mol. The minimum absolute atomic E-state index is 0.134. The highest BCUT2D eigenvalue weighted by molar-refractivity contribution is 7.87. The van der Waals surface area contributed by atoms with Gasteiger partial charge in [0.15, 0.2) is 0 Å². The molecule has 196 valence electrons. The average Bonchev–Trinajstić information content (AvgIpc) is 3.47. The Morgan fingerprint density at radius 3 is 2.57 bits per heavy atom. The molecule has 1 amide bonds. The Bertz CT molecular complexity index is 1520. The maximum Gasteiger partial charge on any atom is 0.303 e. The Morgan fingerprint density at radius 2 is 1.86 bits per heavy atom. The SMILES string of the molecule is COc1ccc2c(c1)C1CC1(C)Cn1c-2c(C2CCCCC2)c2ccc(C(=O)NS(=O)(=O)N(C)C)cc21. The van der Waals surface area contributed by atoms with Crippen LogP contribution < -0.4 is 9.46 Å². The number of carbonyl (C=O) groups excluding carboxylic acids is 1. The molecule has 0 saturated heterocycles. The van der Waals surface area contributed by atoms with E-state index in [0.29, 0.717) is 17.4 Å². The highest BCUT2D eigenvalue weighted by atomic mass is 32.2. The van der Waals surface area contributed by atoms with E-state index < -0.39 is 16.1 Å². The molecule has 0 spiro atoms. The highest BCUT2D eigenvalue weighted by Gasteiger charge is 2.54. The minimum Gasteiger partial charge on any atom is -0.497 e. The second-order valence-corrected chi connectivity index (χ2v) is 13.4. The number of nitrogens with one attached hydrogen (secondary N) is 1. The van der Waals surface area contributed by atoms with Crippen LogP contribution in [0.15, 0.2) is 36.4 Å². The monoisotopic (exact) mass is 521 g/mol. The summed E-state index contributed by atoms with van der Waals surface area (Å²) in [5, 5.41) is 1.18. The Labute approximate surface area is 219 Å². The summed E-state index contributed by atoms with van der Waals surface area (Å²) in [5.41, 5.74) is 6.78. The van der Waals surface area contributed by atoms with Crippen LogP contribution in [0.2, 0.25) is 0 Å². The molecule has 2 saturated carbocycles. The predicted molar refractivity (Wildman–Crippen MR) is 145 cm³/mol. The van der Waals surface area contributed by atoms with Crippen LogP contribution in [0.5, 0.6) is 5.75 Å². The van der Waals surface area contributed by atoms with Crippen molar-refractivity contribution in [3.05, 3.63) is 53.1 Å². The molecule has 1 aromatic heterocycles. The van der Waals surface area contributed by atoms with Crippen LogP contribution in [0.3, 0.4) is 0 Å². The van der Waals surface area contributed by atoms with E-state index in [1.165, 1.54) is 74.0 Å². The summed E-state index contributed by atoms with van der Waals surface area (Å²) in [6.07, 6.45) is 7.20. The molecule has 1 N–H and O–H groups in total. The summed E-state index contributed by atoms with van der Waals surface area (Å²) >= 11 is 0. The van der Waals surface area contributed by atoms with Crippen molar-refractivity contribution in [2.24, 2.45) is 5.41 Å². The number of rotatable bonds is 5. The van der Waals surface area contributed by atoms with Crippen molar-refractivity contribution in [2.45, 2.75) is 63.8 Å². The Kier molecular flexibility index (Phi) is 5.69. The molecule has 2 aliphatic carbocycles. The van der Waals surface area contributed by atoms with Crippen LogP contribution in [0, 0.1) is 5.41 Å². The quantitative estimate of drug-likeness (QED) is 0.487. The third-order valence-corrected chi connectivity index (χ3v) is 10.2. The van der Waals surface area contributed by atoms with E-state index in [-0.39, 0.29) is 5.41 Å². The van der Waals surface area contributed by atoms with Gasteiger partial charge in [-0.2, -0.15) is 12.7 Å². The normalized spacial score (nSPS) is 23.2. The third kappa shape index (κ3) is 3.96. The van der Waals surface area contributed by atoms with Gasteiger partial charge in [-0.15, -0.1) is 0 Å². The predicted octanol–water partition coefficient (Wildman–Crippen LogP) is 5.41. The number of amides is 1. The molecule has 1 aliphatic heterocycles. The van der Waals surface area contributed by atoms with E-state index >= 15 is 0 Å². The second kappa shape index (κ2) is 8.60. The number of methoxy groups -OCH3 is 1. The molecule has 2 fully saturated rings. The third-order valence-electron chi connectivity index (χ3n) is 8.84. The first kappa shape index (κ1) is 24.5. The van der Waals surface area contributed by atoms with E-state index in [2.05, 4.69) is 34.4 Å². The van der Waals surface area contributed by atoms with Crippen molar-refractivity contribution in [2.75, 3.05) is 21.2 Å². The van der Waals surface area contributed by atoms with Crippen LogP contribution >= 0.6 is 0 Å². The smallest absolute Gasteiger partial charge is 0.303 e. The average molecular weight is 522 g/mol. The van der Waals surface area contributed by atoms with Gasteiger partial charge < -0.3 is 9.30 Å².